The van der Waals surface area contributed by atoms with E-state index >= 15 is 0 Å². The van der Waals surface area contributed by atoms with Crippen molar-refractivity contribution in [2.45, 2.75) is 20.8 Å². The van der Waals surface area contributed by atoms with Crippen LogP contribution in [0.25, 0.3) is 0 Å². The molecule has 2 heterocycles. The number of carbonyl (C=O) groups excluding carboxylic acids is 1. The van der Waals surface area contributed by atoms with Crippen molar-refractivity contribution in [1.29, 1.82) is 0 Å². The van der Waals surface area contributed by atoms with Gasteiger partial charge >= 0.3 is 0 Å². The SMILES string of the molecule is CCNc1cc(C(=O)Nc2cc(C)cc(C)n2)c(Cl)cn1. The molecule has 0 aromatic carbocycles. The smallest absolute Gasteiger partial charge is 0.258 e. The van der Waals surface area contributed by atoms with Gasteiger partial charge in [-0.25, -0.2) is 9.97 Å². The summed E-state index contributed by atoms with van der Waals surface area (Å²) in [5, 5.41) is 6.11. The van der Waals surface area contributed by atoms with Crippen LogP contribution in [0.15, 0.2) is 24.4 Å². The molecule has 6 heteroatoms. The van der Waals surface area contributed by atoms with Crippen molar-refractivity contribution in [3.05, 3.63) is 46.2 Å². The van der Waals surface area contributed by atoms with Crippen LogP contribution in [0, 0.1) is 13.8 Å². The second-order valence-corrected chi connectivity index (χ2v) is 5.11. The quantitative estimate of drug-likeness (QED) is 0.908. The summed E-state index contributed by atoms with van der Waals surface area (Å²) in [5.74, 6) is 0.815. The molecule has 0 saturated carbocycles. The lowest BCUT2D eigenvalue weighted by Gasteiger charge is -2.09. The Bertz CT molecular complexity index is 652. The molecule has 0 aliphatic rings. The minimum Gasteiger partial charge on any atom is -0.370 e. The van der Waals surface area contributed by atoms with Crippen LogP contribution in [0.4, 0.5) is 11.6 Å². The van der Waals surface area contributed by atoms with Gasteiger partial charge in [-0.1, -0.05) is 11.6 Å². The number of anilines is 2. The second-order valence-electron chi connectivity index (χ2n) is 4.70. The number of aromatic nitrogens is 2. The van der Waals surface area contributed by atoms with Crippen LogP contribution in [0.5, 0.6) is 0 Å². The average molecular weight is 305 g/mol. The number of nitrogens with zero attached hydrogens (tertiary/aromatic N) is 2. The Morgan fingerprint density at radius 3 is 2.67 bits per heavy atom. The Hall–Kier alpha value is -2.14. The summed E-state index contributed by atoms with van der Waals surface area (Å²) in [4.78, 5) is 20.7. The fraction of sp³-hybridized carbons (Fsp3) is 0.267. The van der Waals surface area contributed by atoms with Crippen molar-refractivity contribution in [1.82, 2.24) is 9.97 Å². The largest absolute Gasteiger partial charge is 0.370 e. The van der Waals surface area contributed by atoms with Crippen LogP contribution in [0.3, 0.4) is 0 Å². The summed E-state index contributed by atoms with van der Waals surface area (Å²) in [6, 6.07) is 5.38. The van der Waals surface area contributed by atoms with E-state index in [9.17, 15) is 4.79 Å². The Labute approximate surface area is 128 Å². The summed E-state index contributed by atoms with van der Waals surface area (Å²) < 4.78 is 0. The lowest BCUT2D eigenvalue weighted by atomic mass is 10.2. The third kappa shape index (κ3) is 3.92. The number of hydrogen-bond donors (Lipinski definition) is 2. The molecule has 5 nitrogen and oxygen atoms in total. The van der Waals surface area contributed by atoms with Crippen molar-refractivity contribution in [2.24, 2.45) is 0 Å². The van der Waals surface area contributed by atoms with Crippen molar-refractivity contribution in [3.8, 4) is 0 Å². The third-order valence-corrected chi connectivity index (χ3v) is 3.10. The number of halogens is 1. The van der Waals surface area contributed by atoms with Gasteiger partial charge in [-0.2, -0.15) is 0 Å². The summed E-state index contributed by atoms with van der Waals surface area (Å²) in [6.45, 7) is 6.50. The molecule has 0 saturated heterocycles. The molecule has 0 bridgehead atoms. The summed E-state index contributed by atoms with van der Waals surface area (Å²) in [5.41, 5.74) is 2.25. The Morgan fingerprint density at radius 1 is 1.24 bits per heavy atom. The average Bonchev–Trinajstić information content (AvgIpc) is 2.40. The van der Waals surface area contributed by atoms with E-state index in [1.54, 1.807) is 6.07 Å². The minimum absolute atomic E-state index is 0.304. The van der Waals surface area contributed by atoms with Crippen molar-refractivity contribution in [3.63, 3.8) is 0 Å². The Balaban J connectivity index is 2.25. The van der Waals surface area contributed by atoms with E-state index in [0.717, 1.165) is 11.3 Å². The Morgan fingerprint density at radius 2 is 2.00 bits per heavy atom. The minimum atomic E-state index is -0.306. The molecule has 2 aromatic rings. The highest BCUT2D eigenvalue weighted by Crippen LogP contribution is 2.19. The number of carbonyl (C=O) groups is 1. The van der Waals surface area contributed by atoms with Gasteiger partial charge < -0.3 is 10.6 Å². The number of amides is 1. The molecule has 2 rings (SSSR count). The predicted octanol–water partition coefficient (Wildman–Crippen LogP) is 3.43. The van der Waals surface area contributed by atoms with Crippen molar-refractivity contribution >= 4 is 29.1 Å². The van der Waals surface area contributed by atoms with Crippen molar-refractivity contribution in [2.75, 3.05) is 17.2 Å². The standard InChI is InChI=1S/C15H17ClN4O/c1-4-17-13-7-11(12(16)8-18-13)15(21)20-14-6-9(2)5-10(3)19-14/h5-8H,4H2,1-3H3,(H,17,18)(H,19,20,21). The van der Waals surface area contributed by atoms with E-state index in [0.29, 0.717) is 28.8 Å². The highest BCUT2D eigenvalue weighted by Gasteiger charge is 2.13. The zero-order valence-corrected chi connectivity index (χ0v) is 13.0. The molecular weight excluding hydrogens is 288 g/mol. The maximum atomic E-state index is 12.3. The molecule has 0 spiro atoms. The lowest BCUT2D eigenvalue weighted by Crippen LogP contribution is -2.15. The normalized spacial score (nSPS) is 10.3. The summed E-state index contributed by atoms with van der Waals surface area (Å²) in [6.07, 6.45) is 1.46. The highest BCUT2D eigenvalue weighted by molar-refractivity contribution is 6.34. The number of nitrogens with one attached hydrogen (secondary N) is 2. The van der Waals surface area contributed by atoms with E-state index in [1.165, 1.54) is 6.20 Å². The first-order chi connectivity index (χ1) is 9.99. The maximum Gasteiger partial charge on any atom is 0.258 e. The van der Waals surface area contributed by atoms with Crippen LogP contribution in [0.1, 0.15) is 28.5 Å². The third-order valence-electron chi connectivity index (χ3n) is 2.80. The molecule has 2 aromatic heterocycles. The number of pyridine rings is 2. The van der Waals surface area contributed by atoms with Gasteiger partial charge in [0.2, 0.25) is 0 Å². The van der Waals surface area contributed by atoms with Crippen LogP contribution in [0.2, 0.25) is 5.02 Å². The molecule has 0 aliphatic carbocycles. The van der Waals surface area contributed by atoms with Gasteiger partial charge in [-0.05, 0) is 44.5 Å². The Kier molecular flexibility index (Phi) is 4.75. The fourth-order valence-electron chi connectivity index (χ4n) is 1.98. The van der Waals surface area contributed by atoms with Gasteiger partial charge in [-0.3, -0.25) is 4.79 Å². The molecule has 1 amide bonds. The summed E-state index contributed by atoms with van der Waals surface area (Å²) in [7, 11) is 0. The molecular formula is C15H17ClN4O. The van der Waals surface area contributed by atoms with E-state index in [1.807, 2.05) is 32.9 Å². The molecule has 21 heavy (non-hydrogen) atoms. The van der Waals surface area contributed by atoms with Gasteiger partial charge in [0.25, 0.3) is 5.91 Å². The van der Waals surface area contributed by atoms with Gasteiger partial charge in [0.15, 0.2) is 0 Å². The van der Waals surface area contributed by atoms with E-state index in [-0.39, 0.29) is 5.91 Å². The number of rotatable bonds is 4. The first-order valence-corrected chi connectivity index (χ1v) is 7.03. The van der Waals surface area contributed by atoms with E-state index in [4.69, 9.17) is 11.6 Å². The predicted molar refractivity (Wildman–Crippen MR) is 85.1 cm³/mol. The first kappa shape index (κ1) is 15.3. The van der Waals surface area contributed by atoms with E-state index < -0.39 is 0 Å². The number of hydrogen-bond acceptors (Lipinski definition) is 4. The van der Waals surface area contributed by atoms with Crippen LogP contribution in [-0.4, -0.2) is 22.4 Å². The second kappa shape index (κ2) is 6.54. The summed E-state index contributed by atoms with van der Waals surface area (Å²) >= 11 is 6.05. The zero-order valence-electron chi connectivity index (χ0n) is 12.2. The van der Waals surface area contributed by atoms with Crippen LogP contribution < -0.4 is 10.6 Å². The van der Waals surface area contributed by atoms with Gasteiger partial charge in [0.05, 0.1) is 10.6 Å². The van der Waals surface area contributed by atoms with Gasteiger partial charge in [0, 0.05) is 18.4 Å². The molecule has 0 atom stereocenters. The monoisotopic (exact) mass is 304 g/mol. The van der Waals surface area contributed by atoms with E-state index in [2.05, 4.69) is 20.6 Å². The molecule has 2 N–H and O–H groups in total. The maximum absolute atomic E-state index is 12.3. The van der Waals surface area contributed by atoms with Gasteiger partial charge in [0.1, 0.15) is 11.6 Å². The van der Waals surface area contributed by atoms with Crippen LogP contribution in [-0.2, 0) is 0 Å². The van der Waals surface area contributed by atoms with Crippen molar-refractivity contribution < 1.29 is 4.79 Å². The molecule has 0 aliphatic heterocycles. The molecule has 0 unspecified atom stereocenters. The molecule has 110 valence electrons. The highest BCUT2D eigenvalue weighted by atomic mass is 35.5. The van der Waals surface area contributed by atoms with Gasteiger partial charge in [-0.15, -0.1) is 0 Å². The van der Waals surface area contributed by atoms with Crippen LogP contribution >= 0.6 is 11.6 Å². The fourth-order valence-corrected chi connectivity index (χ4v) is 2.17. The number of aryl methyl sites for hydroxylation is 2. The molecule has 0 radical (unpaired) electrons. The first-order valence-electron chi connectivity index (χ1n) is 6.65. The topological polar surface area (TPSA) is 66.9 Å². The lowest BCUT2D eigenvalue weighted by molar-refractivity contribution is 0.102. The zero-order chi connectivity index (χ0) is 15.4. The molecule has 0 fully saturated rings.